The van der Waals surface area contributed by atoms with E-state index in [-0.39, 0.29) is 0 Å². The highest BCUT2D eigenvalue weighted by Crippen LogP contribution is 2.33. The normalized spacial score (nSPS) is 22.8. The molecule has 0 aromatic heterocycles. The van der Waals surface area contributed by atoms with Crippen molar-refractivity contribution in [1.82, 2.24) is 5.32 Å². The van der Waals surface area contributed by atoms with E-state index in [9.17, 15) is 0 Å². The van der Waals surface area contributed by atoms with Crippen LogP contribution in [0.2, 0.25) is 0 Å². The first-order valence-electron chi connectivity index (χ1n) is 7.85. The molecule has 4 rings (SSSR count). The molecule has 2 aliphatic heterocycles. The van der Waals surface area contributed by atoms with E-state index in [4.69, 9.17) is 4.74 Å². The van der Waals surface area contributed by atoms with Crippen molar-refractivity contribution in [3.63, 3.8) is 0 Å². The monoisotopic (exact) mass is 302 g/mol. The van der Waals surface area contributed by atoms with Gasteiger partial charge in [-0.15, -0.1) is 0 Å². The van der Waals surface area contributed by atoms with Gasteiger partial charge in [0.15, 0.2) is 5.54 Å². The Morgan fingerprint density at radius 1 is 0.957 bits per heavy atom. The molecule has 0 amide bonds. The molecule has 23 heavy (non-hydrogen) atoms. The number of hydrogen-bond acceptors (Lipinski definition) is 3. The fourth-order valence-electron chi connectivity index (χ4n) is 3.06. The molecule has 114 valence electrons. The molecule has 2 heterocycles. The first-order valence-corrected chi connectivity index (χ1v) is 7.85. The van der Waals surface area contributed by atoms with Crippen LogP contribution in [0.3, 0.4) is 0 Å². The summed E-state index contributed by atoms with van der Waals surface area (Å²) < 4.78 is 5.84. The highest BCUT2D eigenvalue weighted by Gasteiger charge is 2.40. The Kier molecular flexibility index (Phi) is 3.46. The third kappa shape index (κ3) is 2.44. The summed E-state index contributed by atoms with van der Waals surface area (Å²) in [4.78, 5) is 4.59. The first-order chi connectivity index (χ1) is 11.4. The number of nitrogens with zero attached hydrogens (tertiary/aromatic N) is 1. The number of benzene rings is 2. The van der Waals surface area contributed by atoms with Gasteiger partial charge in [0, 0.05) is 5.70 Å². The average Bonchev–Trinajstić information content (AvgIpc) is 3.18. The second-order valence-corrected chi connectivity index (χ2v) is 5.64. The molecule has 0 aliphatic carbocycles. The first kappa shape index (κ1) is 13.8. The molecule has 1 unspecified atom stereocenters. The summed E-state index contributed by atoms with van der Waals surface area (Å²) in [5.41, 5.74) is 2.79. The molecule has 2 aromatic carbocycles. The van der Waals surface area contributed by atoms with Crippen LogP contribution >= 0.6 is 0 Å². The van der Waals surface area contributed by atoms with E-state index in [0.717, 1.165) is 22.7 Å². The van der Waals surface area contributed by atoms with E-state index in [1.54, 1.807) is 0 Å². The van der Waals surface area contributed by atoms with Crippen LogP contribution in [0.4, 0.5) is 0 Å². The van der Waals surface area contributed by atoms with Crippen LogP contribution in [0.15, 0.2) is 83.9 Å². The Balaban J connectivity index is 1.79. The number of nitrogens with one attached hydrogen (secondary N) is 1. The Morgan fingerprint density at radius 2 is 1.70 bits per heavy atom. The highest BCUT2D eigenvalue weighted by atomic mass is 16.5. The standard InChI is InChI=1S/C20H18N2O/c1-3-8-16(9-4-1)18-12-7-13-20(22-18,19-21-14-15-23-19)17-10-5-2-6-11-17/h1-13,22H,14-15H2. The average molecular weight is 302 g/mol. The predicted molar refractivity (Wildman–Crippen MR) is 93.1 cm³/mol. The van der Waals surface area contributed by atoms with Gasteiger partial charge in [-0.25, -0.2) is 4.99 Å². The van der Waals surface area contributed by atoms with Crippen LogP contribution in [0.5, 0.6) is 0 Å². The summed E-state index contributed by atoms with van der Waals surface area (Å²) in [5, 5.41) is 3.66. The Labute approximate surface area is 136 Å². The van der Waals surface area contributed by atoms with Gasteiger partial charge < -0.3 is 10.1 Å². The highest BCUT2D eigenvalue weighted by molar-refractivity contribution is 5.93. The zero-order valence-corrected chi connectivity index (χ0v) is 12.8. The summed E-state index contributed by atoms with van der Waals surface area (Å²) in [5.74, 6) is 0.737. The maximum Gasteiger partial charge on any atom is 0.219 e. The number of hydrogen-bond donors (Lipinski definition) is 1. The molecule has 1 atom stereocenters. The lowest BCUT2D eigenvalue weighted by Crippen LogP contribution is -2.48. The van der Waals surface area contributed by atoms with E-state index in [1.807, 2.05) is 36.4 Å². The zero-order valence-electron chi connectivity index (χ0n) is 12.8. The predicted octanol–water partition coefficient (Wildman–Crippen LogP) is 3.51. The van der Waals surface area contributed by atoms with Gasteiger partial charge in [-0.3, -0.25) is 0 Å². The molecule has 0 fully saturated rings. The molecule has 1 N–H and O–H groups in total. The van der Waals surface area contributed by atoms with Crippen LogP contribution < -0.4 is 5.32 Å². The number of rotatable bonds is 3. The maximum absolute atomic E-state index is 5.84. The van der Waals surface area contributed by atoms with E-state index in [1.165, 1.54) is 0 Å². The Bertz CT molecular complexity index is 778. The van der Waals surface area contributed by atoms with Crippen molar-refractivity contribution < 1.29 is 4.74 Å². The molecule has 3 heteroatoms. The van der Waals surface area contributed by atoms with Gasteiger partial charge in [-0.1, -0.05) is 66.7 Å². The summed E-state index contributed by atoms with van der Waals surface area (Å²) in [6.07, 6.45) is 6.29. The SMILES string of the molecule is C1=CC(C2=NCCO2)(c2ccccc2)NC(c2ccccc2)=C1. The Hall–Kier alpha value is -2.81. The molecule has 0 bridgehead atoms. The van der Waals surface area contributed by atoms with E-state index < -0.39 is 5.54 Å². The van der Waals surface area contributed by atoms with Gasteiger partial charge in [0.05, 0.1) is 6.54 Å². The lowest BCUT2D eigenvalue weighted by atomic mass is 9.86. The molecule has 2 aliphatic rings. The Morgan fingerprint density at radius 3 is 2.39 bits per heavy atom. The van der Waals surface area contributed by atoms with Crippen molar-refractivity contribution >= 4 is 11.6 Å². The van der Waals surface area contributed by atoms with Crippen LogP contribution in [-0.2, 0) is 10.3 Å². The minimum atomic E-state index is -0.544. The molecule has 0 spiro atoms. The van der Waals surface area contributed by atoms with E-state index in [0.29, 0.717) is 13.2 Å². The van der Waals surface area contributed by atoms with Crippen molar-refractivity contribution in [2.24, 2.45) is 4.99 Å². The van der Waals surface area contributed by atoms with Gasteiger partial charge in [-0.05, 0) is 23.3 Å². The van der Waals surface area contributed by atoms with Gasteiger partial charge in [0.1, 0.15) is 6.61 Å². The van der Waals surface area contributed by atoms with Crippen LogP contribution in [0.1, 0.15) is 11.1 Å². The molecular formula is C20H18N2O. The van der Waals surface area contributed by atoms with Gasteiger partial charge in [-0.2, -0.15) is 0 Å². The number of allylic oxidation sites excluding steroid dienone is 2. The fraction of sp³-hybridized carbons (Fsp3) is 0.150. The third-order valence-electron chi connectivity index (χ3n) is 4.18. The summed E-state index contributed by atoms with van der Waals surface area (Å²) in [6.45, 7) is 1.35. The van der Waals surface area contributed by atoms with Gasteiger partial charge in [0.25, 0.3) is 0 Å². The van der Waals surface area contributed by atoms with Crippen LogP contribution in [0.25, 0.3) is 5.70 Å². The largest absolute Gasteiger partial charge is 0.477 e. The molecular weight excluding hydrogens is 284 g/mol. The van der Waals surface area contributed by atoms with Gasteiger partial charge >= 0.3 is 0 Å². The summed E-state index contributed by atoms with van der Waals surface area (Å²) >= 11 is 0. The van der Waals surface area contributed by atoms with E-state index >= 15 is 0 Å². The van der Waals surface area contributed by atoms with Crippen molar-refractivity contribution in [3.05, 3.63) is 90.0 Å². The smallest absolute Gasteiger partial charge is 0.219 e. The second-order valence-electron chi connectivity index (χ2n) is 5.64. The molecule has 0 radical (unpaired) electrons. The number of dihydropyridines is 1. The van der Waals surface area contributed by atoms with Crippen LogP contribution in [0, 0.1) is 0 Å². The molecule has 0 saturated heterocycles. The quantitative estimate of drug-likeness (QED) is 0.941. The van der Waals surface area contributed by atoms with Crippen molar-refractivity contribution in [2.45, 2.75) is 5.54 Å². The fourth-order valence-corrected chi connectivity index (χ4v) is 3.06. The lowest BCUT2D eigenvalue weighted by Gasteiger charge is -2.35. The number of aliphatic imine (C=N–C) groups is 1. The number of ether oxygens (including phenoxy) is 1. The minimum Gasteiger partial charge on any atom is -0.477 e. The topological polar surface area (TPSA) is 33.6 Å². The van der Waals surface area contributed by atoms with Crippen LogP contribution in [-0.4, -0.2) is 19.0 Å². The zero-order chi connectivity index (χ0) is 15.5. The van der Waals surface area contributed by atoms with Crippen molar-refractivity contribution in [1.29, 1.82) is 0 Å². The molecule has 2 aromatic rings. The maximum atomic E-state index is 5.84. The lowest BCUT2D eigenvalue weighted by molar-refractivity contribution is 0.315. The minimum absolute atomic E-state index is 0.544. The van der Waals surface area contributed by atoms with E-state index in [2.05, 4.69) is 52.8 Å². The molecule has 3 nitrogen and oxygen atoms in total. The van der Waals surface area contributed by atoms with Crippen molar-refractivity contribution in [3.8, 4) is 0 Å². The third-order valence-corrected chi connectivity index (χ3v) is 4.18. The summed E-state index contributed by atoms with van der Waals surface area (Å²) in [7, 11) is 0. The molecule has 0 saturated carbocycles. The van der Waals surface area contributed by atoms with Crippen molar-refractivity contribution in [2.75, 3.05) is 13.2 Å². The summed E-state index contributed by atoms with van der Waals surface area (Å²) in [6, 6.07) is 20.6. The van der Waals surface area contributed by atoms with Gasteiger partial charge in [0.2, 0.25) is 5.90 Å². The second kappa shape index (κ2) is 5.76.